The maximum atomic E-state index is 13.3. The molecular weight excluding hydrogens is 310 g/mol. The van der Waals surface area contributed by atoms with Crippen LogP contribution in [0.25, 0.3) is 0 Å². The summed E-state index contributed by atoms with van der Waals surface area (Å²) in [4.78, 5) is 16.4. The summed E-state index contributed by atoms with van der Waals surface area (Å²) in [6, 6.07) is 11.3. The van der Waals surface area contributed by atoms with E-state index in [2.05, 4.69) is 17.0 Å². The third-order valence-corrected chi connectivity index (χ3v) is 4.36. The molecular formula is C19H20F2N2O. The van der Waals surface area contributed by atoms with E-state index in [-0.39, 0.29) is 17.5 Å². The van der Waals surface area contributed by atoms with Gasteiger partial charge in [-0.3, -0.25) is 4.79 Å². The monoisotopic (exact) mass is 330 g/mol. The summed E-state index contributed by atoms with van der Waals surface area (Å²) >= 11 is 0. The summed E-state index contributed by atoms with van der Waals surface area (Å²) in [5, 5.41) is 0. The number of halogens is 2. The molecule has 1 saturated heterocycles. The van der Waals surface area contributed by atoms with Gasteiger partial charge in [0.25, 0.3) is 5.91 Å². The second-order valence-electron chi connectivity index (χ2n) is 6.29. The Labute approximate surface area is 140 Å². The highest BCUT2D eigenvalue weighted by atomic mass is 19.1. The Morgan fingerprint density at radius 1 is 1.08 bits per heavy atom. The van der Waals surface area contributed by atoms with Gasteiger partial charge in [0.1, 0.15) is 11.6 Å². The number of nitrogens with zero attached hydrogens (tertiary/aromatic N) is 2. The largest absolute Gasteiger partial charge is 0.365 e. The lowest BCUT2D eigenvalue weighted by Crippen LogP contribution is -2.53. The van der Waals surface area contributed by atoms with Crippen LogP contribution in [0.4, 0.5) is 14.5 Å². The minimum atomic E-state index is -0.732. The number of benzene rings is 2. The van der Waals surface area contributed by atoms with E-state index in [9.17, 15) is 13.6 Å². The van der Waals surface area contributed by atoms with Crippen molar-refractivity contribution in [2.24, 2.45) is 0 Å². The molecule has 0 aromatic heterocycles. The molecule has 1 aliphatic heterocycles. The first-order chi connectivity index (χ1) is 11.4. The summed E-state index contributed by atoms with van der Waals surface area (Å²) in [5.41, 5.74) is 2.38. The SMILES string of the molecule is Cc1cccc(N2CCN(C(=O)c3cc(F)cc(F)c3)CC2C)c1. The first-order valence-electron chi connectivity index (χ1n) is 8.03. The number of piperazine rings is 1. The molecule has 1 aliphatic rings. The Morgan fingerprint density at radius 3 is 2.42 bits per heavy atom. The molecule has 0 aliphatic carbocycles. The van der Waals surface area contributed by atoms with Gasteiger partial charge < -0.3 is 9.80 Å². The summed E-state index contributed by atoms with van der Waals surface area (Å²) in [5.74, 6) is -1.79. The maximum absolute atomic E-state index is 13.3. The number of carbonyl (C=O) groups is 1. The standard InChI is InChI=1S/C19H20F2N2O/c1-13-4-3-5-18(8-13)23-7-6-22(12-14(23)2)19(24)15-9-16(20)11-17(21)10-15/h3-5,8-11,14H,6-7,12H2,1-2H3. The minimum Gasteiger partial charge on any atom is -0.365 e. The summed E-state index contributed by atoms with van der Waals surface area (Å²) in [6.45, 7) is 5.83. The highest BCUT2D eigenvalue weighted by Crippen LogP contribution is 2.22. The zero-order chi connectivity index (χ0) is 17.3. The minimum absolute atomic E-state index is 0.0590. The summed E-state index contributed by atoms with van der Waals surface area (Å²) in [6.07, 6.45) is 0. The van der Waals surface area contributed by atoms with Crippen molar-refractivity contribution in [2.45, 2.75) is 19.9 Å². The predicted octanol–water partition coefficient (Wildman–Crippen LogP) is 3.62. The molecule has 0 radical (unpaired) electrons. The van der Waals surface area contributed by atoms with Gasteiger partial charge in [-0.1, -0.05) is 12.1 Å². The van der Waals surface area contributed by atoms with Crippen molar-refractivity contribution in [3.8, 4) is 0 Å². The zero-order valence-corrected chi connectivity index (χ0v) is 13.8. The molecule has 0 bridgehead atoms. The number of carbonyl (C=O) groups excluding carboxylic acids is 1. The first kappa shape index (κ1) is 16.4. The number of anilines is 1. The third-order valence-electron chi connectivity index (χ3n) is 4.36. The van der Waals surface area contributed by atoms with Gasteiger partial charge in [0.05, 0.1) is 0 Å². The summed E-state index contributed by atoms with van der Waals surface area (Å²) in [7, 11) is 0. The van der Waals surface area contributed by atoms with E-state index in [4.69, 9.17) is 0 Å². The fourth-order valence-corrected chi connectivity index (χ4v) is 3.19. The van der Waals surface area contributed by atoms with Crippen LogP contribution in [0.1, 0.15) is 22.8 Å². The zero-order valence-electron chi connectivity index (χ0n) is 13.8. The molecule has 1 unspecified atom stereocenters. The van der Waals surface area contributed by atoms with Crippen molar-refractivity contribution in [3.05, 3.63) is 65.2 Å². The predicted molar refractivity (Wildman–Crippen MR) is 90.2 cm³/mol. The fourth-order valence-electron chi connectivity index (χ4n) is 3.19. The van der Waals surface area contributed by atoms with Crippen molar-refractivity contribution >= 4 is 11.6 Å². The first-order valence-corrected chi connectivity index (χ1v) is 8.03. The van der Waals surface area contributed by atoms with Crippen LogP contribution in [0, 0.1) is 18.6 Å². The van der Waals surface area contributed by atoms with E-state index in [1.165, 1.54) is 5.56 Å². The van der Waals surface area contributed by atoms with Gasteiger partial charge in [-0.05, 0) is 43.7 Å². The molecule has 3 nitrogen and oxygen atoms in total. The molecule has 0 spiro atoms. The Bertz CT molecular complexity index is 743. The molecule has 1 atom stereocenters. The average Bonchev–Trinajstić information content (AvgIpc) is 2.53. The lowest BCUT2D eigenvalue weighted by Gasteiger charge is -2.41. The van der Waals surface area contributed by atoms with E-state index < -0.39 is 11.6 Å². The van der Waals surface area contributed by atoms with E-state index in [1.54, 1.807) is 4.90 Å². The molecule has 24 heavy (non-hydrogen) atoms. The van der Waals surface area contributed by atoms with Gasteiger partial charge >= 0.3 is 0 Å². The molecule has 1 fully saturated rings. The quantitative estimate of drug-likeness (QED) is 0.839. The lowest BCUT2D eigenvalue weighted by molar-refractivity contribution is 0.0725. The fraction of sp³-hybridized carbons (Fsp3) is 0.316. The number of hydrogen-bond acceptors (Lipinski definition) is 2. The van der Waals surface area contributed by atoms with Crippen LogP contribution in [-0.2, 0) is 0 Å². The molecule has 1 amide bonds. The highest BCUT2D eigenvalue weighted by molar-refractivity contribution is 5.94. The van der Waals surface area contributed by atoms with Gasteiger partial charge in [0, 0.05) is 43.0 Å². The summed E-state index contributed by atoms with van der Waals surface area (Å²) < 4.78 is 26.7. The second-order valence-corrected chi connectivity index (χ2v) is 6.29. The van der Waals surface area contributed by atoms with Crippen LogP contribution < -0.4 is 4.90 Å². The Hall–Kier alpha value is -2.43. The van der Waals surface area contributed by atoms with Crippen molar-refractivity contribution in [3.63, 3.8) is 0 Å². The van der Waals surface area contributed by atoms with Crippen LogP contribution in [0.5, 0.6) is 0 Å². The van der Waals surface area contributed by atoms with Gasteiger partial charge in [0.15, 0.2) is 0 Å². The average molecular weight is 330 g/mol. The maximum Gasteiger partial charge on any atom is 0.254 e. The number of rotatable bonds is 2. The number of amides is 1. The van der Waals surface area contributed by atoms with Crippen molar-refractivity contribution in [2.75, 3.05) is 24.5 Å². The molecule has 2 aromatic rings. The highest BCUT2D eigenvalue weighted by Gasteiger charge is 2.28. The molecule has 1 heterocycles. The van der Waals surface area contributed by atoms with E-state index in [0.29, 0.717) is 19.6 Å². The molecule has 2 aromatic carbocycles. The van der Waals surface area contributed by atoms with Crippen molar-refractivity contribution in [1.29, 1.82) is 0 Å². The van der Waals surface area contributed by atoms with E-state index in [1.807, 2.05) is 26.0 Å². The molecule has 5 heteroatoms. The Kier molecular flexibility index (Phi) is 4.51. The van der Waals surface area contributed by atoms with Gasteiger partial charge in [-0.15, -0.1) is 0 Å². The van der Waals surface area contributed by atoms with E-state index >= 15 is 0 Å². The van der Waals surface area contributed by atoms with E-state index in [0.717, 1.165) is 23.9 Å². The number of hydrogen-bond donors (Lipinski definition) is 0. The van der Waals surface area contributed by atoms with Gasteiger partial charge in [-0.2, -0.15) is 0 Å². The number of aryl methyl sites for hydroxylation is 1. The molecule has 0 saturated carbocycles. The Morgan fingerprint density at radius 2 is 1.79 bits per heavy atom. The van der Waals surface area contributed by atoms with Crippen LogP contribution in [0.3, 0.4) is 0 Å². The smallest absolute Gasteiger partial charge is 0.254 e. The van der Waals surface area contributed by atoms with Gasteiger partial charge in [0.2, 0.25) is 0 Å². The van der Waals surface area contributed by atoms with Crippen molar-refractivity contribution < 1.29 is 13.6 Å². The molecule has 3 rings (SSSR count). The normalized spacial score (nSPS) is 17.9. The molecule has 0 N–H and O–H groups in total. The van der Waals surface area contributed by atoms with Gasteiger partial charge in [-0.25, -0.2) is 8.78 Å². The third kappa shape index (κ3) is 3.40. The van der Waals surface area contributed by atoms with Crippen LogP contribution in [0.15, 0.2) is 42.5 Å². The second kappa shape index (κ2) is 6.59. The van der Waals surface area contributed by atoms with Crippen molar-refractivity contribution in [1.82, 2.24) is 4.90 Å². The molecule has 126 valence electrons. The van der Waals surface area contributed by atoms with Crippen LogP contribution in [-0.4, -0.2) is 36.5 Å². The Balaban J connectivity index is 1.74. The topological polar surface area (TPSA) is 23.6 Å². The van der Waals surface area contributed by atoms with Crippen LogP contribution >= 0.6 is 0 Å². The van der Waals surface area contributed by atoms with Crippen LogP contribution in [0.2, 0.25) is 0 Å². The lowest BCUT2D eigenvalue weighted by atomic mass is 10.1.